The van der Waals surface area contributed by atoms with Crippen LogP contribution in [-0.2, 0) is 0 Å². The van der Waals surface area contributed by atoms with Gasteiger partial charge in [0.15, 0.2) is 11.4 Å². The minimum absolute atomic E-state index is 0.230. The summed E-state index contributed by atoms with van der Waals surface area (Å²) in [4.78, 5) is 25.9. The van der Waals surface area contributed by atoms with Crippen molar-refractivity contribution >= 4 is 11.8 Å². The highest BCUT2D eigenvalue weighted by molar-refractivity contribution is 6.02. The van der Waals surface area contributed by atoms with E-state index in [1.807, 2.05) is 48.5 Å². The van der Waals surface area contributed by atoms with E-state index in [0.717, 1.165) is 5.69 Å². The Hall–Kier alpha value is -5.38. The zero-order valence-electron chi connectivity index (χ0n) is 19.7. The molecule has 0 atom stereocenters. The largest absolute Gasteiger partial charge is 0.504 e. The number of para-hydroxylation sites is 2. The number of methoxy groups -OCH3 is 1. The molecule has 0 saturated carbocycles. The lowest BCUT2D eigenvalue weighted by atomic mass is 10.1. The molecule has 0 spiro atoms. The molecule has 0 aliphatic carbocycles. The van der Waals surface area contributed by atoms with Gasteiger partial charge in [-0.2, -0.15) is 10.2 Å². The minimum Gasteiger partial charge on any atom is -0.504 e. The summed E-state index contributed by atoms with van der Waals surface area (Å²) in [5.74, 6) is -1.03. The molecule has 0 aliphatic rings. The van der Waals surface area contributed by atoms with E-state index in [-0.39, 0.29) is 17.0 Å². The molecule has 2 heterocycles. The van der Waals surface area contributed by atoms with Crippen molar-refractivity contribution in [3.8, 4) is 34.1 Å². The maximum atomic E-state index is 13.2. The third kappa shape index (κ3) is 4.89. The van der Waals surface area contributed by atoms with Gasteiger partial charge in [0, 0.05) is 11.8 Å². The van der Waals surface area contributed by atoms with Gasteiger partial charge in [0.25, 0.3) is 11.8 Å². The zero-order chi connectivity index (χ0) is 25.8. The fraction of sp³-hybridized carbons (Fsp3) is 0.0370. The van der Waals surface area contributed by atoms with Gasteiger partial charge in [-0.05, 0) is 48.5 Å². The molecule has 0 unspecified atom stereocenters. The second kappa shape index (κ2) is 10.1. The van der Waals surface area contributed by atoms with Crippen LogP contribution in [0.25, 0.3) is 22.6 Å². The van der Waals surface area contributed by atoms with E-state index in [1.54, 1.807) is 54.4 Å². The molecule has 10 nitrogen and oxygen atoms in total. The summed E-state index contributed by atoms with van der Waals surface area (Å²) < 4.78 is 8.18. The smallest absolute Gasteiger partial charge is 0.294 e. The van der Waals surface area contributed by atoms with Crippen LogP contribution < -0.4 is 15.6 Å². The number of nitrogens with one attached hydrogen (secondary N) is 2. The molecule has 3 N–H and O–H groups in total. The molecule has 0 fully saturated rings. The minimum atomic E-state index is -0.776. The first kappa shape index (κ1) is 23.4. The maximum Gasteiger partial charge on any atom is 0.294 e. The number of hydrogen-bond acceptors (Lipinski definition) is 6. The molecular weight excluding hydrogens is 472 g/mol. The normalized spacial score (nSPS) is 10.6. The van der Waals surface area contributed by atoms with E-state index in [0.29, 0.717) is 22.7 Å². The quantitative estimate of drug-likeness (QED) is 0.311. The molecule has 2 aromatic heterocycles. The number of hydrazine groups is 1. The maximum absolute atomic E-state index is 13.2. The Labute approximate surface area is 211 Å². The molecule has 0 aliphatic heterocycles. The summed E-state index contributed by atoms with van der Waals surface area (Å²) in [6.45, 7) is 0. The highest BCUT2D eigenvalue weighted by Gasteiger charge is 2.22. The highest BCUT2D eigenvalue weighted by Crippen LogP contribution is 2.26. The first-order valence-corrected chi connectivity index (χ1v) is 11.3. The summed E-state index contributed by atoms with van der Waals surface area (Å²) in [5, 5.41) is 19.0. The molecule has 37 heavy (non-hydrogen) atoms. The molecule has 0 bridgehead atoms. The summed E-state index contributed by atoms with van der Waals surface area (Å²) >= 11 is 0. The van der Waals surface area contributed by atoms with Gasteiger partial charge in [0.05, 0.1) is 30.2 Å². The molecule has 184 valence electrons. The van der Waals surface area contributed by atoms with Crippen molar-refractivity contribution in [2.24, 2.45) is 0 Å². The van der Waals surface area contributed by atoms with Crippen LogP contribution in [0.15, 0.2) is 97.3 Å². The number of carbonyl (C=O) groups is 2. The topological polar surface area (TPSA) is 123 Å². The SMILES string of the molecule is COc1ccc(-c2nn(-c3ccccc3)cc2C(=O)NNC(=O)c2nn(-c3ccccc3)cc2O)cc1. The van der Waals surface area contributed by atoms with Crippen LogP contribution in [0.5, 0.6) is 11.5 Å². The van der Waals surface area contributed by atoms with Crippen molar-refractivity contribution < 1.29 is 19.4 Å². The van der Waals surface area contributed by atoms with Crippen molar-refractivity contribution in [3.05, 3.63) is 109 Å². The Bertz CT molecular complexity index is 1540. The van der Waals surface area contributed by atoms with Crippen LogP contribution >= 0.6 is 0 Å². The number of carbonyl (C=O) groups excluding carboxylic acids is 2. The Morgan fingerprint density at radius 1 is 0.757 bits per heavy atom. The van der Waals surface area contributed by atoms with Gasteiger partial charge in [-0.3, -0.25) is 20.4 Å². The van der Waals surface area contributed by atoms with E-state index in [4.69, 9.17) is 4.74 Å². The lowest BCUT2D eigenvalue weighted by Crippen LogP contribution is -2.42. The molecule has 3 aromatic carbocycles. The predicted molar refractivity (Wildman–Crippen MR) is 136 cm³/mol. The Balaban J connectivity index is 1.39. The molecule has 5 aromatic rings. The number of aromatic nitrogens is 4. The van der Waals surface area contributed by atoms with Gasteiger partial charge in [-0.15, -0.1) is 0 Å². The van der Waals surface area contributed by atoms with E-state index in [2.05, 4.69) is 21.0 Å². The van der Waals surface area contributed by atoms with Gasteiger partial charge in [0.2, 0.25) is 0 Å². The number of rotatable bonds is 6. The summed E-state index contributed by atoms with van der Waals surface area (Å²) in [6, 6.07) is 25.5. The van der Waals surface area contributed by atoms with E-state index >= 15 is 0 Å². The highest BCUT2D eigenvalue weighted by atomic mass is 16.5. The van der Waals surface area contributed by atoms with E-state index < -0.39 is 11.8 Å². The van der Waals surface area contributed by atoms with Crippen LogP contribution in [0.4, 0.5) is 0 Å². The van der Waals surface area contributed by atoms with E-state index in [1.165, 1.54) is 10.9 Å². The monoisotopic (exact) mass is 494 g/mol. The fourth-order valence-electron chi connectivity index (χ4n) is 3.69. The van der Waals surface area contributed by atoms with Crippen LogP contribution in [0, 0.1) is 0 Å². The number of amides is 2. The third-order valence-corrected chi connectivity index (χ3v) is 5.56. The van der Waals surface area contributed by atoms with Crippen LogP contribution in [0.1, 0.15) is 20.8 Å². The van der Waals surface area contributed by atoms with E-state index in [9.17, 15) is 14.7 Å². The van der Waals surface area contributed by atoms with Crippen molar-refractivity contribution in [2.75, 3.05) is 7.11 Å². The molecule has 5 rings (SSSR count). The van der Waals surface area contributed by atoms with Crippen LogP contribution in [0.3, 0.4) is 0 Å². The Morgan fingerprint density at radius 3 is 1.92 bits per heavy atom. The van der Waals surface area contributed by atoms with Crippen LogP contribution in [0.2, 0.25) is 0 Å². The standard InChI is InChI=1S/C27H22N6O4/c1-37-21-14-12-18(13-15-21)24-22(16-32(30-24)19-8-4-2-5-9-19)26(35)28-29-27(36)25-23(34)17-33(31-25)20-10-6-3-7-11-20/h2-17,34H,1H3,(H,28,35)(H,29,36). The predicted octanol–water partition coefficient (Wildman–Crippen LogP) is 3.51. The average Bonchev–Trinajstić information content (AvgIpc) is 3.57. The number of aromatic hydroxyl groups is 1. The van der Waals surface area contributed by atoms with Gasteiger partial charge in [-0.1, -0.05) is 36.4 Å². The molecule has 2 amide bonds. The lowest BCUT2D eigenvalue weighted by Gasteiger charge is -2.07. The second-order valence-corrected chi connectivity index (χ2v) is 7.95. The number of nitrogens with zero attached hydrogens (tertiary/aromatic N) is 4. The number of ether oxygens (including phenoxy) is 1. The second-order valence-electron chi connectivity index (χ2n) is 7.95. The number of benzene rings is 3. The Kier molecular flexibility index (Phi) is 6.37. The first-order chi connectivity index (χ1) is 18.0. The summed E-state index contributed by atoms with van der Waals surface area (Å²) in [7, 11) is 1.57. The molecule has 10 heteroatoms. The van der Waals surface area contributed by atoms with Gasteiger partial charge >= 0.3 is 0 Å². The third-order valence-electron chi connectivity index (χ3n) is 5.56. The summed E-state index contributed by atoms with van der Waals surface area (Å²) in [5.41, 5.74) is 7.23. The van der Waals surface area contributed by atoms with Gasteiger partial charge < -0.3 is 9.84 Å². The van der Waals surface area contributed by atoms with Gasteiger partial charge in [-0.25, -0.2) is 9.36 Å². The number of hydrogen-bond donors (Lipinski definition) is 3. The first-order valence-electron chi connectivity index (χ1n) is 11.3. The molecule has 0 radical (unpaired) electrons. The van der Waals surface area contributed by atoms with Crippen molar-refractivity contribution in [1.29, 1.82) is 0 Å². The van der Waals surface area contributed by atoms with Gasteiger partial charge in [0.1, 0.15) is 11.4 Å². The average molecular weight is 495 g/mol. The lowest BCUT2D eigenvalue weighted by molar-refractivity contribution is 0.0842. The zero-order valence-corrected chi connectivity index (χ0v) is 19.7. The van der Waals surface area contributed by atoms with Crippen molar-refractivity contribution in [3.63, 3.8) is 0 Å². The van der Waals surface area contributed by atoms with Crippen molar-refractivity contribution in [1.82, 2.24) is 30.4 Å². The molecular formula is C27H22N6O4. The van der Waals surface area contributed by atoms with Crippen LogP contribution in [-0.4, -0.2) is 43.6 Å². The fourth-order valence-corrected chi connectivity index (χ4v) is 3.69. The Morgan fingerprint density at radius 2 is 1.32 bits per heavy atom. The van der Waals surface area contributed by atoms with Crippen molar-refractivity contribution in [2.45, 2.75) is 0 Å². The molecule has 0 saturated heterocycles. The summed E-state index contributed by atoms with van der Waals surface area (Å²) in [6.07, 6.45) is 2.90.